The number of ether oxygens (including phenoxy) is 1. The van der Waals surface area contributed by atoms with Gasteiger partial charge in [-0.2, -0.15) is 0 Å². The lowest BCUT2D eigenvalue weighted by Gasteiger charge is -2.23. The Morgan fingerprint density at radius 3 is 1.67 bits per heavy atom. The van der Waals surface area contributed by atoms with E-state index in [1.165, 1.54) is 76.7 Å². The van der Waals surface area contributed by atoms with Gasteiger partial charge in [0, 0.05) is 6.08 Å². The molecule has 0 saturated carbocycles. The van der Waals surface area contributed by atoms with Crippen molar-refractivity contribution in [1.82, 2.24) is 0 Å². The van der Waals surface area contributed by atoms with Gasteiger partial charge >= 0.3 is 11.9 Å². The van der Waals surface area contributed by atoms with E-state index in [4.69, 9.17) is 20.1 Å². The predicted molar refractivity (Wildman–Crippen MR) is 109 cm³/mol. The number of allylic oxidation sites excluding steroid dienone is 1. The molecule has 0 aliphatic rings. The standard InChI is InChI=1S/C22H42O5/c1-3-5-6-7-8-9-10-11-12-13-14-15-16-17-18-19-21(23)27-20(4-2)22(24,25)26/h18-20,24-26H,3-17H2,1-2H3/b19-18+. The third-order valence-corrected chi connectivity index (χ3v) is 4.79. The van der Waals surface area contributed by atoms with Crippen LogP contribution in [0.3, 0.4) is 0 Å². The molecule has 160 valence electrons. The molecule has 1 atom stereocenters. The lowest BCUT2D eigenvalue weighted by Crippen LogP contribution is -2.44. The molecule has 0 spiro atoms. The van der Waals surface area contributed by atoms with Crippen LogP contribution in [0.15, 0.2) is 12.2 Å². The summed E-state index contributed by atoms with van der Waals surface area (Å²) in [6, 6.07) is 0. The topological polar surface area (TPSA) is 87.0 Å². The zero-order valence-electron chi connectivity index (χ0n) is 17.5. The first kappa shape index (κ1) is 26.1. The molecule has 0 bridgehead atoms. The van der Waals surface area contributed by atoms with Crippen molar-refractivity contribution < 1.29 is 24.9 Å². The fraction of sp³-hybridized carbons (Fsp3) is 0.864. The highest BCUT2D eigenvalue weighted by molar-refractivity contribution is 5.82. The Bertz CT molecular complexity index is 373. The summed E-state index contributed by atoms with van der Waals surface area (Å²) in [5.74, 6) is -3.66. The lowest BCUT2D eigenvalue weighted by atomic mass is 10.0. The number of carbonyl (C=O) groups excluding carboxylic acids is 1. The van der Waals surface area contributed by atoms with Crippen molar-refractivity contribution in [2.75, 3.05) is 0 Å². The zero-order valence-corrected chi connectivity index (χ0v) is 17.5. The zero-order chi connectivity index (χ0) is 20.4. The van der Waals surface area contributed by atoms with Crippen LogP contribution in [0.1, 0.15) is 110 Å². The molecule has 0 aromatic carbocycles. The number of rotatable bonds is 18. The first-order valence-electron chi connectivity index (χ1n) is 11.0. The van der Waals surface area contributed by atoms with E-state index in [1.807, 2.05) is 0 Å². The van der Waals surface area contributed by atoms with Crippen LogP contribution < -0.4 is 0 Å². The van der Waals surface area contributed by atoms with Gasteiger partial charge in [-0.05, 0) is 19.3 Å². The minimum atomic E-state index is -2.99. The molecule has 0 fully saturated rings. The van der Waals surface area contributed by atoms with Crippen LogP contribution in [-0.2, 0) is 9.53 Å². The Morgan fingerprint density at radius 1 is 0.815 bits per heavy atom. The fourth-order valence-corrected chi connectivity index (χ4v) is 3.08. The number of unbranched alkanes of at least 4 members (excludes halogenated alkanes) is 13. The molecule has 27 heavy (non-hydrogen) atoms. The molecule has 5 heteroatoms. The Balaban J connectivity index is 3.46. The van der Waals surface area contributed by atoms with Crippen LogP contribution in [0.2, 0.25) is 0 Å². The minimum absolute atomic E-state index is 0.113. The highest BCUT2D eigenvalue weighted by Gasteiger charge is 2.33. The van der Waals surface area contributed by atoms with Gasteiger partial charge in [0.05, 0.1) is 0 Å². The SMILES string of the molecule is CCCCCCCCCCCCCCC/C=C/C(=O)OC(CC)C(O)(O)O. The summed E-state index contributed by atoms with van der Waals surface area (Å²) in [5.41, 5.74) is 0. The smallest absolute Gasteiger partial charge is 0.330 e. The van der Waals surface area contributed by atoms with Crippen molar-refractivity contribution in [3.05, 3.63) is 12.2 Å². The van der Waals surface area contributed by atoms with Crippen LogP contribution in [-0.4, -0.2) is 33.4 Å². The van der Waals surface area contributed by atoms with Gasteiger partial charge in [0.2, 0.25) is 0 Å². The van der Waals surface area contributed by atoms with Gasteiger partial charge < -0.3 is 20.1 Å². The van der Waals surface area contributed by atoms with Crippen molar-refractivity contribution in [2.45, 2.75) is 122 Å². The molecule has 1 unspecified atom stereocenters. The predicted octanol–water partition coefficient (Wildman–Crippen LogP) is 4.98. The second-order valence-electron chi connectivity index (χ2n) is 7.45. The largest absolute Gasteiger partial charge is 0.451 e. The third-order valence-electron chi connectivity index (χ3n) is 4.79. The van der Waals surface area contributed by atoms with E-state index in [0.717, 1.165) is 19.3 Å². The Labute approximate surface area is 165 Å². The summed E-state index contributed by atoms with van der Waals surface area (Å²) >= 11 is 0. The molecule has 0 aliphatic carbocycles. The molecule has 0 aromatic rings. The normalized spacial score (nSPS) is 13.2. The molecular weight excluding hydrogens is 344 g/mol. The van der Waals surface area contributed by atoms with Gasteiger partial charge in [-0.3, -0.25) is 0 Å². The van der Waals surface area contributed by atoms with Crippen molar-refractivity contribution in [1.29, 1.82) is 0 Å². The van der Waals surface area contributed by atoms with Crippen LogP contribution in [0.4, 0.5) is 0 Å². The highest BCUT2D eigenvalue weighted by Crippen LogP contribution is 2.14. The lowest BCUT2D eigenvalue weighted by molar-refractivity contribution is -0.355. The summed E-state index contributed by atoms with van der Waals surface area (Å²) in [6.07, 6.45) is 19.6. The first-order valence-corrected chi connectivity index (χ1v) is 11.0. The summed E-state index contributed by atoms with van der Waals surface area (Å²) in [6.45, 7) is 3.84. The van der Waals surface area contributed by atoms with E-state index in [-0.39, 0.29) is 6.42 Å². The molecule has 5 nitrogen and oxygen atoms in total. The maximum atomic E-state index is 11.6. The van der Waals surface area contributed by atoms with Gasteiger partial charge in [-0.15, -0.1) is 0 Å². The van der Waals surface area contributed by atoms with Gasteiger partial charge in [-0.25, -0.2) is 4.79 Å². The third kappa shape index (κ3) is 17.0. The second kappa shape index (κ2) is 17.2. The first-order chi connectivity index (χ1) is 12.9. The molecule has 0 radical (unpaired) electrons. The maximum Gasteiger partial charge on any atom is 0.330 e. The molecule has 3 N–H and O–H groups in total. The number of hydrogen-bond acceptors (Lipinski definition) is 5. The number of esters is 1. The molecule has 0 heterocycles. The van der Waals surface area contributed by atoms with Gasteiger partial charge in [0.25, 0.3) is 0 Å². The molecule has 0 aromatic heterocycles. The minimum Gasteiger partial charge on any atom is -0.451 e. The second-order valence-corrected chi connectivity index (χ2v) is 7.45. The number of carbonyl (C=O) groups is 1. The molecule has 0 aliphatic heterocycles. The van der Waals surface area contributed by atoms with Gasteiger partial charge in [-0.1, -0.05) is 97.0 Å². The van der Waals surface area contributed by atoms with E-state index >= 15 is 0 Å². The van der Waals surface area contributed by atoms with Crippen LogP contribution in [0.25, 0.3) is 0 Å². The maximum absolute atomic E-state index is 11.6. The quantitative estimate of drug-likeness (QED) is 0.134. The highest BCUT2D eigenvalue weighted by atomic mass is 16.7. The van der Waals surface area contributed by atoms with E-state index in [1.54, 1.807) is 13.0 Å². The van der Waals surface area contributed by atoms with E-state index in [0.29, 0.717) is 0 Å². The van der Waals surface area contributed by atoms with Crippen molar-refractivity contribution in [3.8, 4) is 0 Å². The van der Waals surface area contributed by atoms with Crippen molar-refractivity contribution in [2.24, 2.45) is 0 Å². The average Bonchev–Trinajstić information content (AvgIpc) is 2.62. The molecule has 0 amide bonds. The van der Waals surface area contributed by atoms with Crippen molar-refractivity contribution >= 4 is 5.97 Å². The van der Waals surface area contributed by atoms with E-state index < -0.39 is 18.0 Å². The fourth-order valence-electron chi connectivity index (χ4n) is 3.08. The average molecular weight is 387 g/mol. The summed E-state index contributed by atoms with van der Waals surface area (Å²) in [7, 11) is 0. The van der Waals surface area contributed by atoms with Crippen molar-refractivity contribution in [3.63, 3.8) is 0 Å². The number of aliphatic hydroxyl groups is 3. The summed E-state index contributed by atoms with van der Waals surface area (Å²) < 4.78 is 4.81. The molecule has 0 saturated heterocycles. The summed E-state index contributed by atoms with van der Waals surface area (Å²) in [4.78, 5) is 11.6. The Morgan fingerprint density at radius 2 is 1.26 bits per heavy atom. The van der Waals surface area contributed by atoms with Gasteiger partial charge in [0.15, 0.2) is 6.10 Å². The Kier molecular flexibility index (Phi) is 16.6. The number of hydrogen-bond donors (Lipinski definition) is 3. The molecular formula is C22H42O5. The van der Waals surface area contributed by atoms with Gasteiger partial charge in [0.1, 0.15) is 0 Å². The van der Waals surface area contributed by atoms with E-state index in [9.17, 15) is 4.79 Å². The monoisotopic (exact) mass is 386 g/mol. The molecule has 0 rings (SSSR count). The Hall–Kier alpha value is -0.910. The van der Waals surface area contributed by atoms with Crippen LogP contribution in [0, 0.1) is 0 Å². The van der Waals surface area contributed by atoms with Crippen LogP contribution >= 0.6 is 0 Å². The van der Waals surface area contributed by atoms with E-state index in [2.05, 4.69) is 6.92 Å². The summed E-state index contributed by atoms with van der Waals surface area (Å²) in [5, 5.41) is 27.1. The van der Waals surface area contributed by atoms with Crippen LogP contribution in [0.5, 0.6) is 0 Å².